The third kappa shape index (κ3) is 33.1. The van der Waals surface area contributed by atoms with Crippen molar-refractivity contribution in [2.45, 2.75) is 331 Å². The molecule has 0 aromatic carbocycles. The van der Waals surface area contributed by atoms with Gasteiger partial charge in [0.05, 0.1) is 32.0 Å². The molecule has 0 aliphatic carbocycles. The maximum Gasteiger partial charge on any atom is 0.220 e. The van der Waals surface area contributed by atoms with E-state index in [4.69, 9.17) is 18.9 Å². The Morgan fingerprint density at radius 2 is 0.842 bits per heavy atom. The van der Waals surface area contributed by atoms with Gasteiger partial charge >= 0.3 is 0 Å². The number of unbranched alkanes of at least 4 members (excludes halogenated alkanes) is 33. The molecule has 2 rings (SSSR count). The van der Waals surface area contributed by atoms with Gasteiger partial charge in [-0.1, -0.05) is 230 Å². The summed E-state index contributed by atoms with van der Waals surface area (Å²) >= 11 is 0. The third-order valence-corrected chi connectivity index (χ3v) is 15.3. The average Bonchev–Trinajstić information content (AvgIpc) is 3.42. The number of carbonyl (C=O) groups is 1. The van der Waals surface area contributed by atoms with Gasteiger partial charge in [0.25, 0.3) is 0 Å². The van der Waals surface area contributed by atoms with Crippen LogP contribution in [0.2, 0.25) is 0 Å². The first-order valence-corrected chi connectivity index (χ1v) is 31.2. The zero-order valence-electron chi connectivity index (χ0n) is 48.0. The van der Waals surface area contributed by atoms with E-state index >= 15 is 0 Å². The minimum Gasteiger partial charge on any atom is -0.394 e. The number of rotatable bonds is 50. The second-order valence-corrected chi connectivity index (χ2v) is 22.2. The molecular formula is C62H115NO13. The van der Waals surface area contributed by atoms with Crippen molar-refractivity contribution in [3.8, 4) is 0 Å². The predicted molar refractivity (Wildman–Crippen MR) is 305 cm³/mol. The fourth-order valence-corrected chi connectivity index (χ4v) is 10.2. The topological polar surface area (TPSA) is 228 Å². The predicted octanol–water partition coefficient (Wildman–Crippen LogP) is 11.0. The van der Waals surface area contributed by atoms with Crippen molar-refractivity contribution in [3.63, 3.8) is 0 Å². The molecule has 12 atom stereocenters. The van der Waals surface area contributed by atoms with Gasteiger partial charge in [0.15, 0.2) is 12.6 Å². The highest BCUT2D eigenvalue weighted by molar-refractivity contribution is 5.76. The number of aliphatic hydroxyl groups excluding tert-OH is 8. The van der Waals surface area contributed by atoms with Crippen LogP contribution in [-0.4, -0.2) is 140 Å². The Morgan fingerprint density at radius 1 is 0.461 bits per heavy atom. The first-order chi connectivity index (χ1) is 37.1. The standard InChI is InChI=1S/C62H115NO13/c1-3-5-7-9-11-13-15-17-19-21-22-23-24-25-26-27-28-30-32-34-36-38-40-42-44-46-54(67)63-50(51(66)45-43-41-39-37-35-33-31-29-20-18-16-14-12-10-8-6-4-2)49-73-61-59(72)57(70)60(53(48-65)75-61)76-62-58(71)56(69)55(68)52(47-64)74-62/h21-22,35,37,43,45,50-53,55-62,64-66,68-72H,3-20,23-34,36,38-42,44,46-49H2,1-2H3,(H,63,67)/b22-21-,37-35+,45-43+. The summed E-state index contributed by atoms with van der Waals surface area (Å²) in [5.74, 6) is -0.247. The Hall–Kier alpha value is -1.79. The number of allylic oxidation sites excluding steroid dienone is 5. The van der Waals surface area contributed by atoms with Crippen molar-refractivity contribution in [3.05, 3.63) is 36.5 Å². The molecule has 0 radical (unpaired) electrons. The van der Waals surface area contributed by atoms with Crippen LogP contribution in [0.25, 0.3) is 0 Å². The average molecular weight is 1080 g/mol. The molecule has 14 nitrogen and oxygen atoms in total. The van der Waals surface area contributed by atoms with Crippen molar-refractivity contribution < 1.29 is 64.6 Å². The van der Waals surface area contributed by atoms with Crippen LogP contribution in [-0.2, 0) is 23.7 Å². The van der Waals surface area contributed by atoms with E-state index < -0.39 is 86.8 Å². The van der Waals surface area contributed by atoms with Gasteiger partial charge < -0.3 is 65.1 Å². The summed E-state index contributed by atoms with van der Waals surface area (Å²) in [5, 5.41) is 87.1. The number of hydrogen-bond acceptors (Lipinski definition) is 13. The first-order valence-electron chi connectivity index (χ1n) is 31.2. The Balaban J connectivity index is 1.74. The van der Waals surface area contributed by atoms with Crippen molar-refractivity contribution in [2.75, 3.05) is 19.8 Å². The minimum atomic E-state index is -1.79. The third-order valence-electron chi connectivity index (χ3n) is 15.3. The molecule has 76 heavy (non-hydrogen) atoms. The molecule has 0 spiro atoms. The number of ether oxygens (including phenoxy) is 4. The monoisotopic (exact) mass is 1080 g/mol. The lowest BCUT2D eigenvalue weighted by molar-refractivity contribution is -0.359. The first kappa shape index (κ1) is 70.3. The van der Waals surface area contributed by atoms with Gasteiger partial charge in [-0.25, -0.2) is 0 Å². The fourth-order valence-electron chi connectivity index (χ4n) is 10.2. The minimum absolute atomic E-state index is 0.247. The number of aliphatic hydroxyl groups is 8. The highest BCUT2D eigenvalue weighted by atomic mass is 16.7. The molecule has 2 aliphatic heterocycles. The van der Waals surface area contributed by atoms with Crippen LogP contribution in [0, 0.1) is 0 Å². The van der Waals surface area contributed by atoms with E-state index in [-0.39, 0.29) is 18.9 Å². The zero-order valence-corrected chi connectivity index (χ0v) is 48.0. The van der Waals surface area contributed by atoms with Gasteiger partial charge in [-0.05, 0) is 57.8 Å². The van der Waals surface area contributed by atoms with E-state index in [0.29, 0.717) is 12.8 Å². The number of carbonyl (C=O) groups excluding carboxylic acids is 1. The van der Waals surface area contributed by atoms with Crippen LogP contribution >= 0.6 is 0 Å². The van der Waals surface area contributed by atoms with Gasteiger partial charge in [-0.15, -0.1) is 0 Å². The molecule has 0 bridgehead atoms. The van der Waals surface area contributed by atoms with Crippen molar-refractivity contribution in [1.29, 1.82) is 0 Å². The lowest BCUT2D eigenvalue weighted by Crippen LogP contribution is -2.65. The summed E-state index contributed by atoms with van der Waals surface area (Å²) in [5.41, 5.74) is 0. The fraction of sp³-hybridized carbons (Fsp3) is 0.887. The van der Waals surface area contributed by atoms with Gasteiger partial charge in [0.1, 0.15) is 48.8 Å². The van der Waals surface area contributed by atoms with E-state index in [2.05, 4.69) is 43.5 Å². The van der Waals surface area contributed by atoms with Gasteiger partial charge in [-0.2, -0.15) is 0 Å². The SMILES string of the molecule is CCCCCCCCCC/C=C\CCCCCCCCCCCCCCCC(=O)NC(COC1OC(CO)C(OC2OC(CO)C(O)C(O)C2O)C(O)C1O)C(O)/C=C/CC/C=C/CCCCCCCCCCCCC. The molecule has 12 unspecified atom stereocenters. The quantitative estimate of drug-likeness (QED) is 0.0204. The number of nitrogens with one attached hydrogen (secondary N) is 1. The van der Waals surface area contributed by atoms with E-state index in [0.717, 1.165) is 32.1 Å². The van der Waals surface area contributed by atoms with Gasteiger partial charge in [0, 0.05) is 6.42 Å². The second kappa shape index (κ2) is 48.0. The van der Waals surface area contributed by atoms with E-state index in [1.165, 1.54) is 193 Å². The molecule has 14 heteroatoms. The van der Waals surface area contributed by atoms with E-state index in [9.17, 15) is 45.6 Å². The molecule has 1 amide bonds. The largest absolute Gasteiger partial charge is 0.394 e. The smallest absolute Gasteiger partial charge is 0.220 e. The van der Waals surface area contributed by atoms with E-state index in [1.807, 2.05) is 6.08 Å². The van der Waals surface area contributed by atoms with Crippen LogP contribution in [0.1, 0.15) is 258 Å². The molecule has 0 saturated carbocycles. The van der Waals surface area contributed by atoms with Crippen molar-refractivity contribution >= 4 is 5.91 Å². The van der Waals surface area contributed by atoms with Gasteiger partial charge in [-0.3, -0.25) is 4.79 Å². The molecule has 2 fully saturated rings. The van der Waals surface area contributed by atoms with Crippen LogP contribution in [0.5, 0.6) is 0 Å². The Kier molecular flexibility index (Phi) is 44.4. The van der Waals surface area contributed by atoms with Crippen LogP contribution < -0.4 is 5.32 Å². The molecule has 2 saturated heterocycles. The lowest BCUT2D eigenvalue weighted by atomic mass is 9.97. The van der Waals surface area contributed by atoms with Crippen molar-refractivity contribution in [1.82, 2.24) is 5.32 Å². The molecule has 0 aromatic heterocycles. The summed E-state index contributed by atoms with van der Waals surface area (Å²) < 4.78 is 22.8. The molecule has 446 valence electrons. The summed E-state index contributed by atoms with van der Waals surface area (Å²) in [6.07, 6.45) is 41.9. The Morgan fingerprint density at radius 3 is 1.29 bits per heavy atom. The zero-order chi connectivity index (χ0) is 55.3. The Labute approximate surface area is 461 Å². The second-order valence-electron chi connectivity index (χ2n) is 22.2. The lowest BCUT2D eigenvalue weighted by Gasteiger charge is -2.46. The highest BCUT2D eigenvalue weighted by Gasteiger charge is 2.51. The molecular weight excluding hydrogens is 967 g/mol. The van der Waals surface area contributed by atoms with Crippen LogP contribution in [0.15, 0.2) is 36.5 Å². The summed E-state index contributed by atoms with van der Waals surface area (Å²) in [7, 11) is 0. The maximum atomic E-state index is 13.3. The van der Waals surface area contributed by atoms with Crippen molar-refractivity contribution in [2.24, 2.45) is 0 Å². The summed E-state index contributed by atoms with van der Waals surface area (Å²) in [6, 6.07) is -0.930. The normalized spacial score (nSPS) is 25.1. The molecule has 2 aliphatic rings. The Bertz CT molecular complexity index is 1410. The summed E-state index contributed by atoms with van der Waals surface area (Å²) in [4.78, 5) is 13.3. The van der Waals surface area contributed by atoms with Gasteiger partial charge in [0.2, 0.25) is 5.91 Å². The van der Waals surface area contributed by atoms with E-state index in [1.54, 1.807) is 6.08 Å². The maximum absolute atomic E-state index is 13.3. The van der Waals surface area contributed by atoms with Crippen LogP contribution in [0.3, 0.4) is 0 Å². The van der Waals surface area contributed by atoms with Crippen LogP contribution in [0.4, 0.5) is 0 Å². The highest BCUT2D eigenvalue weighted by Crippen LogP contribution is 2.30. The molecule has 0 aromatic rings. The summed E-state index contributed by atoms with van der Waals surface area (Å²) in [6.45, 7) is 2.80. The number of hydrogen-bond donors (Lipinski definition) is 9. The molecule has 2 heterocycles. The molecule has 9 N–H and O–H groups in total. The number of amides is 1.